The first kappa shape index (κ1) is 10.9. The lowest BCUT2D eigenvalue weighted by atomic mass is 10.0. The first-order valence-electron chi connectivity index (χ1n) is 5.49. The summed E-state index contributed by atoms with van der Waals surface area (Å²) in [4.78, 5) is 16.3. The largest absolute Gasteiger partial charge is 0.299 e. The Kier molecular flexibility index (Phi) is 3.24. The Morgan fingerprint density at radius 2 is 2.20 bits per heavy atom. The molecule has 1 aromatic heterocycles. The first-order chi connectivity index (χ1) is 7.24. The van der Waals surface area contributed by atoms with Gasteiger partial charge in [-0.1, -0.05) is 12.8 Å². The second kappa shape index (κ2) is 4.47. The van der Waals surface area contributed by atoms with Crippen LogP contribution in [0.2, 0.25) is 0 Å². The number of rotatable bonds is 2. The molecule has 1 saturated carbocycles. The quantitative estimate of drug-likeness (QED) is 0.828. The van der Waals surface area contributed by atoms with Gasteiger partial charge in [-0.15, -0.1) is 0 Å². The van der Waals surface area contributed by atoms with Crippen molar-refractivity contribution in [3.63, 3.8) is 0 Å². The number of hydrogen-bond donors (Lipinski definition) is 0. The molecule has 0 aromatic carbocycles. The molecule has 1 fully saturated rings. The number of nitrogens with zero attached hydrogens (tertiary/aromatic N) is 2. The summed E-state index contributed by atoms with van der Waals surface area (Å²) >= 11 is 3.39. The van der Waals surface area contributed by atoms with Crippen LogP contribution in [0.3, 0.4) is 0 Å². The van der Waals surface area contributed by atoms with E-state index in [-0.39, 0.29) is 5.56 Å². The van der Waals surface area contributed by atoms with Gasteiger partial charge in [-0.25, -0.2) is 4.98 Å². The van der Waals surface area contributed by atoms with Crippen molar-refractivity contribution in [2.45, 2.75) is 45.1 Å². The number of hydrogen-bond acceptors (Lipinski definition) is 2. The zero-order valence-electron chi connectivity index (χ0n) is 8.87. The van der Waals surface area contributed by atoms with E-state index >= 15 is 0 Å². The molecule has 0 radical (unpaired) electrons. The summed E-state index contributed by atoms with van der Waals surface area (Å²) in [5, 5.41) is 0. The fraction of sp³-hybridized carbons (Fsp3) is 0.636. The predicted molar refractivity (Wildman–Crippen MR) is 63.1 cm³/mol. The van der Waals surface area contributed by atoms with Gasteiger partial charge in [0.05, 0.1) is 12.0 Å². The minimum absolute atomic E-state index is 0.0504. The summed E-state index contributed by atoms with van der Waals surface area (Å²) in [6, 6.07) is 0. The van der Waals surface area contributed by atoms with Gasteiger partial charge < -0.3 is 0 Å². The summed E-state index contributed by atoms with van der Waals surface area (Å²) in [5.41, 5.74) is 1.01. The third-order valence-corrected chi connectivity index (χ3v) is 3.84. The van der Waals surface area contributed by atoms with Crippen LogP contribution < -0.4 is 5.56 Å². The molecular formula is C11H15BrN2O. The maximum absolute atomic E-state index is 11.9. The van der Waals surface area contributed by atoms with Crippen molar-refractivity contribution in [2.24, 2.45) is 0 Å². The lowest BCUT2D eigenvalue weighted by Gasteiger charge is -2.11. The molecule has 0 aliphatic heterocycles. The lowest BCUT2D eigenvalue weighted by molar-refractivity contribution is 0.645. The van der Waals surface area contributed by atoms with E-state index in [9.17, 15) is 4.79 Å². The third kappa shape index (κ3) is 2.00. The Morgan fingerprint density at radius 3 is 2.80 bits per heavy atom. The van der Waals surface area contributed by atoms with Crippen molar-refractivity contribution in [3.8, 4) is 0 Å². The van der Waals surface area contributed by atoms with Crippen molar-refractivity contribution >= 4 is 15.9 Å². The molecule has 0 saturated heterocycles. The summed E-state index contributed by atoms with van der Waals surface area (Å²) < 4.78 is 2.29. The van der Waals surface area contributed by atoms with Gasteiger partial charge in [0, 0.05) is 12.5 Å². The molecular weight excluding hydrogens is 256 g/mol. The van der Waals surface area contributed by atoms with Crippen molar-refractivity contribution in [1.82, 2.24) is 9.55 Å². The molecule has 4 heteroatoms. The molecule has 1 aliphatic rings. The second-order valence-electron chi connectivity index (χ2n) is 4.02. The van der Waals surface area contributed by atoms with Crippen LogP contribution in [0, 0.1) is 0 Å². The van der Waals surface area contributed by atoms with E-state index in [2.05, 4.69) is 20.9 Å². The van der Waals surface area contributed by atoms with E-state index in [0.29, 0.717) is 16.9 Å². The first-order valence-corrected chi connectivity index (χ1v) is 6.28. The third-order valence-electron chi connectivity index (χ3n) is 3.09. The SMILES string of the molecule is CCn1cnc(C2CCCC2)c(Br)c1=O. The highest BCUT2D eigenvalue weighted by Crippen LogP contribution is 2.35. The van der Waals surface area contributed by atoms with E-state index in [4.69, 9.17) is 0 Å². The van der Waals surface area contributed by atoms with Crippen LogP contribution in [0.15, 0.2) is 15.6 Å². The van der Waals surface area contributed by atoms with E-state index in [0.717, 1.165) is 5.69 Å². The molecule has 1 heterocycles. The van der Waals surface area contributed by atoms with Gasteiger partial charge in [0.15, 0.2) is 0 Å². The molecule has 15 heavy (non-hydrogen) atoms. The summed E-state index contributed by atoms with van der Waals surface area (Å²) in [6.07, 6.45) is 6.52. The zero-order valence-corrected chi connectivity index (χ0v) is 10.5. The Labute approximate surface area is 97.7 Å². The molecule has 0 atom stereocenters. The lowest BCUT2D eigenvalue weighted by Crippen LogP contribution is -2.22. The number of aromatic nitrogens is 2. The standard InChI is InChI=1S/C11H15BrN2O/c1-2-14-7-13-10(9(12)11(14)15)8-5-3-4-6-8/h7-8H,2-6H2,1H3. The van der Waals surface area contributed by atoms with Gasteiger partial charge in [0.25, 0.3) is 5.56 Å². The van der Waals surface area contributed by atoms with E-state index in [1.807, 2.05) is 6.92 Å². The van der Waals surface area contributed by atoms with Crippen LogP contribution in [0.4, 0.5) is 0 Å². The smallest absolute Gasteiger partial charge is 0.267 e. The number of halogens is 1. The Bertz CT molecular complexity index is 408. The van der Waals surface area contributed by atoms with Gasteiger partial charge >= 0.3 is 0 Å². The van der Waals surface area contributed by atoms with Gasteiger partial charge in [-0.3, -0.25) is 9.36 Å². The number of aryl methyl sites for hydroxylation is 1. The monoisotopic (exact) mass is 270 g/mol. The van der Waals surface area contributed by atoms with Gasteiger partial charge in [0.2, 0.25) is 0 Å². The summed E-state index contributed by atoms with van der Waals surface area (Å²) in [7, 11) is 0. The van der Waals surface area contributed by atoms with Gasteiger partial charge in [-0.05, 0) is 35.7 Å². The maximum atomic E-state index is 11.9. The van der Waals surface area contributed by atoms with Gasteiger partial charge in [0.1, 0.15) is 4.47 Å². The van der Waals surface area contributed by atoms with Crippen molar-refractivity contribution in [1.29, 1.82) is 0 Å². The molecule has 82 valence electrons. The average molecular weight is 271 g/mol. The van der Waals surface area contributed by atoms with Crippen molar-refractivity contribution in [2.75, 3.05) is 0 Å². The van der Waals surface area contributed by atoms with Crippen LogP contribution in [0.25, 0.3) is 0 Å². The van der Waals surface area contributed by atoms with Crippen LogP contribution in [0.5, 0.6) is 0 Å². The average Bonchev–Trinajstić information content (AvgIpc) is 2.75. The van der Waals surface area contributed by atoms with Gasteiger partial charge in [-0.2, -0.15) is 0 Å². The molecule has 2 rings (SSSR count). The highest BCUT2D eigenvalue weighted by atomic mass is 79.9. The predicted octanol–water partition coefficient (Wildman–Crippen LogP) is 2.68. The molecule has 1 aromatic rings. The molecule has 0 bridgehead atoms. The van der Waals surface area contributed by atoms with E-state index in [1.165, 1.54) is 25.7 Å². The molecule has 0 amide bonds. The fourth-order valence-electron chi connectivity index (χ4n) is 2.19. The Balaban J connectivity index is 2.41. The minimum atomic E-state index is 0.0504. The van der Waals surface area contributed by atoms with Crippen LogP contribution in [-0.2, 0) is 6.54 Å². The Hall–Kier alpha value is -0.640. The highest BCUT2D eigenvalue weighted by molar-refractivity contribution is 9.10. The molecule has 1 aliphatic carbocycles. The maximum Gasteiger partial charge on any atom is 0.267 e. The molecule has 3 nitrogen and oxygen atoms in total. The molecule has 0 N–H and O–H groups in total. The van der Waals surface area contributed by atoms with Crippen molar-refractivity contribution < 1.29 is 0 Å². The van der Waals surface area contributed by atoms with E-state index < -0.39 is 0 Å². The Morgan fingerprint density at radius 1 is 1.53 bits per heavy atom. The zero-order chi connectivity index (χ0) is 10.8. The summed E-state index contributed by atoms with van der Waals surface area (Å²) in [6.45, 7) is 2.63. The van der Waals surface area contributed by atoms with Crippen molar-refractivity contribution in [3.05, 3.63) is 26.8 Å². The normalized spacial score (nSPS) is 17.2. The van der Waals surface area contributed by atoms with Crippen LogP contribution >= 0.6 is 15.9 Å². The van der Waals surface area contributed by atoms with Crippen LogP contribution in [-0.4, -0.2) is 9.55 Å². The topological polar surface area (TPSA) is 34.9 Å². The minimum Gasteiger partial charge on any atom is -0.299 e. The van der Waals surface area contributed by atoms with E-state index in [1.54, 1.807) is 10.9 Å². The molecule has 0 unspecified atom stereocenters. The summed E-state index contributed by atoms with van der Waals surface area (Å²) in [5.74, 6) is 0.485. The highest BCUT2D eigenvalue weighted by Gasteiger charge is 2.22. The fourth-order valence-corrected chi connectivity index (χ4v) is 2.84. The van der Waals surface area contributed by atoms with Crippen LogP contribution in [0.1, 0.15) is 44.2 Å². The molecule has 0 spiro atoms. The second-order valence-corrected chi connectivity index (χ2v) is 4.81.